The number of nitrogens with zero attached hydrogens (tertiary/aromatic N) is 2. The van der Waals surface area contributed by atoms with Crippen LogP contribution in [0.25, 0.3) is 10.9 Å². The standard InChI is InChI=1S/C12H12N2O3/c15-8-4-5-9-10(6-8)14(12(16)17)13-11(9)7-2-1-3-7/h4-7,15H,1-3H2,(H,16,17). The molecule has 2 aromatic rings. The molecule has 2 N–H and O–H groups in total. The number of aromatic nitrogens is 2. The summed E-state index contributed by atoms with van der Waals surface area (Å²) in [4.78, 5) is 11.1. The van der Waals surface area contributed by atoms with Crippen LogP contribution in [0.3, 0.4) is 0 Å². The van der Waals surface area contributed by atoms with E-state index in [2.05, 4.69) is 5.10 Å². The summed E-state index contributed by atoms with van der Waals surface area (Å²) in [6, 6.07) is 4.75. The van der Waals surface area contributed by atoms with Crippen LogP contribution in [-0.2, 0) is 0 Å². The van der Waals surface area contributed by atoms with Gasteiger partial charge in [-0.1, -0.05) is 6.42 Å². The van der Waals surface area contributed by atoms with Crippen LogP contribution in [-0.4, -0.2) is 26.1 Å². The molecule has 5 heteroatoms. The van der Waals surface area contributed by atoms with Crippen LogP contribution in [0.2, 0.25) is 0 Å². The molecule has 88 valence electrons. The van der Waals surface area contributed by atoms with Crippen molar-refractivity contribution in [3.63, 3.8) is 0 Å². The smallest absolute Gasteiger partial charge is 0.432 e. The number of hydrogen-bond donors (Lipinski definition) is 2. The number of carboxylic acid groups (broad SMARTS) is 1. The lowest BCUT2D eigenvalue weighted by molar-refractivity contribution is 0.193. The van der Waals surface area contributed by atoms with E-state index in [1.165, 1.54) is 12.5 Å². The number of phenols is 1. The average Bonchev–Trinajstić information content (AvgIpc) is 2.54. The first-order valence-electron chi connectivity index (χ1n) is 5.62. The van der Waals surface area contributed by atoms with Crippen LogP contribution in [0.4, 0.5) is 4.79 Å². The Bertz CT molecular complexity index is 599. The lowest BCUT2D eigenvalue weighted by Crippen LogP contribution is -2.13. The summed E-state index contributed by atoms with van der Waals surface area (Å²) in [6.45, 7) is 0. The van der Waals surface area contributed by atoms with Crippen molar-refractivity contribution in [3.05, 3.63) is 23.9 Å². The molecule has 0 unspecified atom stereocenters. The molecule has 5 nitrogen and oxygen atoms in total. The molecule has 1 aromatic heterocycles. The van der Waals surface area contributed by atoms with Crippen LogP contribution < -0.4 is 0 Å². The minimum Gasteiger partial charge on any atom is -0.508 e. The molecule has 0 aliphatic heterocycles. The Hall–Kier alpha value is -2.04. The zero-order valence-corrected chi connectivity index (χ0v) is 9.13. The van der Waals surface area contributed by atoms with Gasteiger partial charge >= 0.3 is 6.09 Å². The highest BCUT2D eigenvalue weighted by molar-refractivity contribution is 5.90. The Kier molecular flexibility index (Phi) is 2.07. The van der Waals surface area contributed by atoms with Gasteiger partial charge in [0, 0.05) is 17.4 Å². The van der Waals surface area contributed by atoms with E-state index in [0.717, 1.165) is 28.6 Å². The summed E-state index contributed by atoms with van der Waals surface area (Å²) in [7, 11) is 0. The fraction of sp³-hybridized carbons (Fsp3) is 0.333. The average molecular weight is 232 g/mol. The second-order valence-electron chi connectivity index (χ2n) is 4.41. The number of rotatable bonds is 1. The number of carbonyl (C=O) groups is 1. The minimum absolute atomic E-state index is 0.0556. The van der Waals surface area contributed by atoms with Gasteiger partial charge in [0.1, 0.15) is 5.75 Å². The Morgan fingerprint density at radius 1 is 1.41 bits per heavy atom. The fourth-order valence-electron chi connectivity index (χ4n) is 2.26. The number of aromatic hydroxyl groups is 1. The summed E-state index contributed by atoms with van der Waals surface area (Å²) in [6.07, 6.45) is 2.18. The highest BCUT2D eigenvalue weighted by Gasteiger charge is 2.26. The van der Waals surface area contributed by atoms with Gasteiger partial charge in [-0.25, -0.2) is 4.79 Å². The van der Waals surface area contributed by atoms with Gasteiger partial charge in [-0.15, -0.1) is 0 Å². The zero-order chi connectivity index (χ0) is 12.0. The summed E-state index contributed by atoms with van der Waals surface area (Å²) < 4.78 is 0.947. The van der Waals surface area contributed by atoms with Crippen molar-refractivity contribution >= 4 is 17.0 Å². The summed E-state index contributed by atoms with van der Waals surface area (Å²) in [5, 5.41) is 23.5. The fourth-order valence-corrected chi connectivity index (χ4v) is 2.26. The molecule has 0 atom stereocenters. The van der Waals surface area contributed by atoms with Crippen LogP contribution in [0.15, 0.2) is 18.2 Å². The van der Waals surface area contributed by atoms with Gasteiger partial charge in [-0.3, -0.25) is 0 Å². The first-order chi connectivity index (χ1) is 8.16. The van der Waals surface area contributed by atoms with Crippen LogP contribution in [0.5, 0.6) is 5.75 Å². The molecule has 1 saturated carbocycles. The van der Waals surface area contributed by atoms with Crippen molar-refractivity contribution in [3.8, 4) is 5.75 Å². The molecule has 17 heavy (non-hydrogen) atoms. The third-order valence-corrected chi connectivity index (χ3v) is 3.37. The molecule has 1 aromatic carbocycles. The molecule has 0 saturated heterocycles. The van der Waals surface area contributed by atoms with Crippen molar-refractivity contribution in [2.75, 3.05) is 0 Å². The van der Waals surface area contributed by atoms with E-state index in [9.17, 15) is 9.90 Å². The van der Waals surface area contributed by atoms with Crippen molar-refractivity contribution in [1.29, 1.82) is 0 Å². The first-order valence-corrected chi connectivity index (χ1v) is 5.62. The molecule has 1 aliphatic rings. The topological polar surface area (TPSA) is 75.3 Å². The van der Waals surface area contributed by atoms with Gasteiger partial charge in [0.25, 0.3) is 0 Å². The molecule has 0 bridgehead atoms. The van der Waals surface area contributed by atoms with E-state index in [-0.39, 0.29) is 5.75 Å². The van der Waals surface area contributed by atoms with E-state index in [1.54, 1.807) is 12.1 Å². The van der Waals surface area contributed by atoms with Crippen molar-refractivity contribution in [2.24, 2.45) is 0 Å². The molecular weight excluding hydrogens is 220 g/mol. The first kappa shape index (κ1) is 10.1. The van der Waals surface area contributed by atoms with Crippen LogP contribution in [0.1, 0.15) is 30.9 Å². The third kappa shape index (κ3) is 1.46. The highest BCUT2D eigenvalue weighted by Crippen LogP contribution is 2.39. The maximum Gasteiger partial charge on any atom is 0.432 e. The molecular formula is C12H12N2O3. The molecule has 1 fully saturated rings. The second-order valence-corrected chi connectivity index (χ2v) is 4.41. The van der Waals surface area contributed by atoms with Crippen LogP contribution >= 0.6 is 0 Å². The predicted octanol–water partition coefficient (Wildman–Crippen LogP) is 2.54. The predicted molar refractivity (Wildman–Crippen MR) is 61.4 cm³/mol. The number of hydrogen-bond acceptors (Lipinski definition) is 3. The molecule has 0 radical (unpaired) electrons. The van der Waals surface area contributed by atoms with Crippen molar-refractivity contribution in [2.45, 2.75) is 25.2 Å². The van der Waals surface area contributed by atoms with E-state index >= 15 is 0 Å². The molecule has 0 amide bonds. The Morgan fingerprint density at radius 2 is 2.18 bits per heavy atom. The van der Waals surface area contributed by atoms with Gasteiger partial charge in [0.05, 0.1) is 11.2 Å². The molecule has 0 spiro atoms. The molecule has 3 rings (SSSR count). The van der Waals surface area contributed by atoms with Crippen LogP contribution in [0, 0.1) is 0 Å². The van der Waals surface area contributed by atoms with Crippen molar-refractivity contribution in [1.82, 2.24) is 9.78 Å². The van der Waals surface area contributed by atoms with Gasteiger partial charge in [0.2, 0.25) is 0 Å². The monoisotopic (exact) mass is 232 g/mol. The summed E-state index contributed by atoms with van der Waals surface area (Å²) in [5.74, 6) is 0.419. The maximum absolute atomic E-state index is 11.1. The summed E-state index contributed by atoms with van der Waals surface area (Å²) >= 11 is 0. The van der Waals surface area contributed by atoms with Gasteiger partial charge in [-0.2, -0.15) is 9.78 Å². The number of benzene rings is 1. The lowest BCUT2D eigenvalue weighted by atomic mass is 9.82. The SMILES string of the molecule is O=C(O)n1nc(C2CCC2)c2ccc(O)cc21. The second kappa shape index (κ2) is 3.48. The van der Waals surface area contributed by atoms with Gasteiger partial charge < -0.3 is 10.2 Å². The minimum atomic E-state index is -1.12. The Morgan fingerprint density at radius 3 is 2.76 bits per heavy atom. The van der Waals surface area contributed by atoms with Crippen molar-refractivity contribution < 1.29 is 15.0 Å². The van der Waals surface area contributed by atoms with Gasteiger partial charge in [0.15, 0.2) is 0 Å². The Balaban J connectivity index is 2.26. The lowest BCUT2D eigenvalue weighted by Gasteiger charge is -2.23. The normalized spacial score (nSPS) is 16.0. The Labute approximate surface area is 97.3 Å². The number of fused-ring (bicyclic) bond motifs is 1. The number of phenolic OH excluding ortho intramolecular Hbond substituents is 1. The van der Waals surface area contributed by atoms with E-state index in [1.807, 2.05) is 0 Å². The summed E-state index contributed by atoms with van der Waals surface area (Å²) in [5.41, 5.74) is 1.30. The largest absolute Gasteiger partial charge is 0.508 e. The zero-order valence-electron chi connectivity index (χ0n) is 9.13. The van der Waals surface area contributed by atoms with E-state index < -0.39 is 6.09 Å². The van der Waals surface area contributed by atoms with E-state index in [4.69, 9.17) is 5.11 Å². The third-order valence-electron chi connectivity index (χ3n) is 3.37. The maximum atomic E-state index is 11.1. The quantitative estimate of drug-likeness (QED) is 0.792. The van der Waals surface area contributed by atoms with Gasteiger partial charge in [-0.05, 0) is 25.0 Å². The molecule has 1 heterocycles. The van der Waals surface area contributed by atoms with E-state index in [0.29, 0.717) is 11.4 Å². The molecule has 1 aliphatic carbocycles. The highest BCUT2D eigenvalue weighted by atomic mass is 16.4.